The molecule has 8 nitrogen and oxygen atoms in total. The summed E-state index contributed by atoms with van der Waals surface area (Å²) in [7, 11) is 2.57. The molecule has 0 radical (unpaired) electrons. The lowest BCUT2D eigenvalue weighted by atomic mass is 9.98. The first-order valence-electron chi connectivity index (χ1n) is 8.27. The van der Waals surface area contributed by atoms with E-state index in [2.05, 4.69) is 0 Å². The van der Waals surface area contributed by atoms with Crippen LogP contribution in [-0.2, 0) is 19.1 Å². The van der Waals surface area contributed by atoms with Crippen LogP contribution in [0.2, 0.25) is 0 Å². The van der Waals surface area contributed by atoms with Gasteiger partial charge in [-0.25, -0.2) is 4.79 Å². The van der Waals surface area contributed by atoms with Crippen LogP contribution in [0.3, 0.4) is 0 Å². The summed E-state index contributed by atoms with van der Waals surface area (Å²) in [6, 6.07) is 7.02. The molecule has 0 amide bonds. The topological polar surface area (TPSA) is 123 Å². The molecule has 1 aliphatic heterocycles. The summed E-state index contributed by atoms with van der Waals surface area (Å²) in [5.41, 5.74) is 0.501. The van der Waals surface area contributed by atoms with Crippen molar-refractivity contribution >= 4 is 17.5 Å². The van der Waals surface area contributed by atoms with Gasteiger partial charge in [-0.3, -0.25) is 4.79 Å². The third-order valence-electron chi connectivity index (χ3n) is 4.30. The normalized spacial score (nSPS) is 16.9. The molecule has 0 fully saturated rings. The molecule has 0 aromatic heterocycles. The molecular weight excluding hydrogens is 368 g/mol. The predicted octanol–water partition coefficient (Wildman–Crippen LogP) is 2.35. The van der Waals surface area contributed by atoms with Crippen molar-refractivity contribution in [2.75, 3.05) is 14.2 Å². The van der Waals surface area contributed by atoms with Crippen LogP contribution in [0.15, 0.2) is 36.4 Å². The van der Waals surface area contributed by atoms with Gasteiger partial charge in [0.1, 0.15) is 17.3 Å². The van der Waals surface area contributed by atoms with Crippen molar-refractivity contribution in [3.63, 3.8) is 0 Å². The smallest absolute Gasteiger partial charge is 0.341 e. The Hall–Kier alpha value is -3.52. The first-order valence-corrected chi connectivity index (χ1v) is 8.27. The molecule has 0 saturated carbocycles. The van der Waals surface area contributed by atoms with Gasteiger partial charge in [0.15, 0.2) is 23.4 Å². The maximum Gasteiger partial charge on any atom is 0.341 e. The molecule has 0 spiro atoms. The minimum Gasteiger partial charge on any atom is -0.508 e. The van der Waals surface area contributed by atoms with E-state index in [0.717, 1.165) is 6.08 Å². The number of ketones is 1. The summed E-state index contributed by atoms with van der Waals surface area (Å²) in [5.74, 6) is -2.19. The summed E-state index contributed by atoms with van der Waals surface area (Å²) < 4.78 is 15.4. The van der Waals surface area contributed by atoms with Crippen molar-refractivity contribution in [1.82, 2.24) is 0 Å². The van der Waals surface area contributed by atoms with Crippen molar-refractivity contribution in [3.8, 4) is 34.1 Å². The molecule has 0 aliphatic carbocycles. The average Bonchev–Trinajstić information content (AvgIpc) is 2.80. The van der Waals surface area contributed by atoms with Crippen LogP contribution >= 0.6 is 0 Å². The second-order valence-corrected chi connectivity index (χ2v) is 6.07. The molecule has 1 aliphatic rings. The summed E-state index contributed by atoms with van der Waals surface area (Å²) in [6.45, 7) is 0. The highest BCUT2D eigenvalue weighted by Crippen LogP contribution is 2.48. The van der Waals surface area contributed by atoms with E-state index >= 15 is 0 Å². The van der Waals surface area contributed by atoms with Crippen molar-refractivity contribution in [2.24, 2.45) is 0 Å². The highest BCUT2D eigenvalue weighted by molar-refractivity contribution is 6.03. The number of methoxy groups -OCH3 is 2. The van der Waals surface area contributed by atoms with E-state index in [-0.39, 0.29) is 40.6 Å². The monoisotopic (exact) mass is 386 g/mol. The van der Waals surface area contributed by atoms with Crippen LogP contribution in [0.1, 0.15) is 12.0 Å². The fraction of sp³-hybridized carbons (Fsp3) is 0.200. The zero-order valence-corrected chi connectivity index (χ0v) is 15.1. The molecule has 0 saturated heterocycles. The Bertz CT molecular complexity index is 959. The molecule has 146 valence electrons. The lowest BCUT2D eigenvalue weighted by molar-refractivity contribution is -0.149. The van der Waals surface area contributed by atoms with E-state index in [9.17, 15) is 24.9 Å². The van der Waals surface area contributed by atoms with Gasteiger partial charge < -0.3 is 29.5 Å². The summed E-state index contributed by atoms with van der Waals surface area (Å²) in [5, 5.41) is 30.6. The Kier molecular flexibility index (Phi) is 5.23. The molecule has 2 aromatic rings. The van der Waals surface area contributed by atoms with Crippen molar-refractivity contribution in [1.29, 1.82) is 0 Å². The second-order valence-electron chi connectivity index (χ2n) is 6.07. The number of rotatable bonds is 4. The molecule has 28 heavy (non-hydrogen) atoms. The van der Waals surface area contributed by atoms with E-state index < -0.39 is 23.6 Å². The Labute approximate surface area is 160 Å². The van der Waals surface area contributed by atoms with E-state index in [0.29, 0.717) is 5.56 Å². The van der Waals surface area contributed by atoms with Gasteiger partial charge in [0.05, 0.1) is 18.2 Å². The van der Waals surface area contributed by atoms with Gasteiger partial charge in [0.25, 0.3) is 0 Å². The molecule has 1 heterocycles. The van der Waals surface area contributed by atoms with Crippen LogP contribution < -0.4 is 4.74 Å². The number of phenols is 3. The molecule has 1 atom stereocenters. The Balaban J connectivity index is 2.14. The summed E-state index contributed by atoms with van der Waals surface area (Å²) in [6.07, 6.45) is -0.149. The number of allylic oxidation sites excluding steroid dienone is 1. The Morgan fingerprint density at radius 1 is 1.07 bits per heavy atom. The zero-order valence-electron chi connectivity index (χ0n) is 15.1. The van der Waals surface area contributed by atoms with Crippen LogP contribution in [0.4, 0.5) is 0 Å². The summed E-state index contributed by atoms with van der Waals surface area (Å²) in [4.78, 5) is 24.2. The summed E-state index contributed by atoms with van der Waals surface area (Å²) >= 11 is 0. The minimum atomic E-state index is -1.05. The number of hydrogen-bond donors (Lipinski definition) is 3. The van der Waals surface area contributed by atoms with Crippen LogP contribution in [0, 0.1) is 0 Å². The van der Waals surface area contributed by atoms with Gasteiger partial charge in [-0.1, -0.05) is 12.1 Å². The number of ether oxygens (including phenoxy) is 3. The second kappa shape index (κ2) is 7.61. The SMILES string of the molecule is COc1c(C2=CC(=O)C[C@@H](OC)C(=O)O2)cc(O)c(-c2ccc(O)cc2)c1O. The number of esters is 1. The van der Waals surface area contributed by atoms with E-state index in [1.54, 1.807) is 0 Å². The highest BCUT2D eigenvalue weighted by atomic mass is 16.6. The first kappa shape index (κ1) is 19.2. The van der Waals surface area contributed by atoms with Gasteiger partial charge in [0, 0.05) is 19.6 Å². The number of hydrogen-bond acceptors (Lipinski definition) is 8. The van der Waals surface area contributed by atoms with Crippen molar-refractivity contribution in [3.05, 3.63) is 42.0 Å². The Morgan fingerprint density at radius 2 is 1.75 bits per heavy atom. The number of cyclic esters (lactones) is 1. The Morgan fingerprint density at radius 3 is 2.36 bits per heavy atom. The quantitative estimate of drug-likeness (QED) is 0.685. The van der Waals surface area contributed by atoms with Crippen molar-refractivity contribution in [2.45, 2.75) is 12.5 Å². The molecule has 2 aromatic carbocycles. The maximum atomic E-state index is 12.1. The molecule has 0 unspecified atom stereocenters. The van der Waals surface area contributed by atoms with Crippen LogP contribution in [0.25, 0.3) is 16.9 Å². The predicted molar refractivity (Wildman–Crippen MR) is 97.9 cm³/mol. The van der Waals surface area contributed by atoms with E-state index in [1.165, 1.54) is 44.6 Å². The lowest BCUT2D eigenvalue weighted by Gasteiger charge is -2.17. The largest absolute Gasteiger partial charge is 0.508 e. The molecule has 3 rings (SSSR count). The third kappa shape index (κ3) is 3.49. The number of phenolic OH excluding ortho intramolecular Hbond substituents is 3. The lowest BCUT2D eigenvalue weighted by Crippen LogP contribution is -2.25. The zero-order chi connectivity index (χ0) is 20.4. The van der Waals surface area contributed by atoms with Gasteiger partial charge >= 0.3 is 5.97 Å². The molecule has 3 N–H and O–H groups in total. The number of carbonyl (C=O) groups excluding carboxylic acids is 2. The van der Waals surface area contributed by atoms with Crippen molar-refractivity contribution < 1.29 is 39.1 Å². The number of benzene rings is 2. The fourth-order valence-electron chi connectivity index (χ4n) is 2.93. The van der Waals surface area contributed by atoms with E-state index in [4.69, 9.17) is 14.2 Å². The molecule has 0 bridgehead atoms. The number of aromatic hydroxyl groups is 3. The maximum absolute atomic E-state index is 12.1. The average molecular weight is 386 g/mol. The standard InChI is InChI=1S/C20H18O8/c1-26-16-8-12(22)7-15(28-20(16)25)13-9-14(23)17(18(24)19(13)27-2)10-3-5-11(21)6-4-10/h3-7,9,16,21,23-24H,8H2,1-2H3/t16-/m1/s1. The van der Waals surface area contributed by atoms with Gasteiger partial charge in [-0.05, 0) is 23.8 Å². The van der Waals surface area contributed by atoms with Gasteiger partial charge in [-0.2, -0.15) is 0 Å². The highest BCUT2D eigenvalue weighted by Gasteiger charge is 2.31. The van der Waals surface area contributed by atoms with E-state index in [1.807, 2.05) is 0 Å². The fourth-order valence-corrected chi connectivity index (χ4v) is 2.93. The molecular formula is C20H18O8. The number of carbonyl (C=O) groups is 2. The van der Waals surface area contributed by atoms with Crippen LogP contribution in [-0.4, -0.2) is 47.4 Å². The third-order valence-corrected chi connectivity index (χ3v) is 4.30. The van der Waals surface area contributed by atoms with Gasteiger partial charge in [-0.15, -0.1) is 0 Å². The minimum absolute atomic E-state index is 0.0213. The molecule has 8 heteroatoms. The first-order chi connectivity index (χ1) is 13.3. The van der Waals surface area contributed by atoms with Gasteiger partial charge in [0.2, 0.25) is 0 Å². The van der Waals surface area contributed by atoms with Crippen LogP contribution in [0.5, 0.6) is 23.0 Å².